The maximum Gasteiger partial charge on any atom is 0.499 e. The molecular formula is C27H39F5O. The molecule has 2 fully saturated rings. The summed E-state index contributed by atoms with van der Waals surface area (Å²) in [4.78, 5) is 0. The lowest BCUT2D eigenvalue weighted by Gasteiger charge is -2.38. The van der Waals surface area contributed by atoms with Gasteiger partial charge in [0, 0.05) is 0 Å². The highest BCUT2D eigenvalue weighted by Crippen LogP contribution is 2.45. The number of benzene rings is 1. The van der Waals surface area contributed by atoms with Crippen molar-refractivity contribution < 1.29 is 26.7 Å². The van der Waals surface area contributed by atoms with Gasteiger partial charge in [0.25, 0.3) is 0 Å². The van der Waals surface area contributed by atoms with E-state index >= 15 is 0 Å². The van der Waals surface area contributed by atoms with Crippen LogP contribution >= 0.6 is 0 Å². The summed E-state index contributed by atoms with van der Waals surface area (Å²) < 4.78 is 67.0. The van der Waals surface area contributed by atoms with Crippen molar-refractivity contribution in [2.75, 3.05) is 0 Å². The highest BCUT2D eigenvalue weighted by atomic mass is 19.4. The summed E-state index contributed by atoms with van der Waals surface area (Å²) in [7, 11) is 0. The number of hydrogen-bond acceptors (Lipinski definition) is 1. The smallest absolute Gasteiger partial charge is 0.426 e. The second-order valence-corrected chi connectivity index (χ2v) is 10.3. The molecule has 3 rings (SSSR count). The quantitative estimate of drug-likeness (QED) is 0.242. The van der Waals surface area contributed by atoms with E-state index in [1.165, 1.54) is 89.2 Å². The van der Waals surface area contributed by atoms with Crippen molar-refractivity contribution in [1.29, 1.82) is 0 Å². The van der Waals surface area contributed by atoms with Gasteiger partial charge >= 0.3 is 12.3 Å². The first-order valence-corrected chi connectivity index (χ1v) is 12.9. The van der Waals surface area contributed by atoms with Gasteiger partial charge in [-0.3, -0.25) is 0 Å². The molecule has 0 unspecified atom stereocenters. The second-order valence-electron chi connectivity index (χ2n) is 10.3. The Labute approximate surface area is 195 Å². The average Bonchev–Trinajstić information content (AvgIpc) is 2.79. The zero-order valence-corrected chi connectivity index (χ0v) is 19.8. The van der Waals surface area contributed by atoms with Crippen LogP contribution in [0.4, 0.5) is 22.0 Å². The predicted octanol–water partition coefficient (Wildman–Crippen LogP) is 9.66. The van der Waals surface area contributed by atoms with Gasteiger partial charge in [-0.25, -0.2) is 0 Å². The van der Waals surface area contributed by atoms with E-state index < -0.39 is 18.0 Å². The van der Waals surface area contributed by atoms with E-state index in [4.69, 9.17) is 0 Å². The number of halogens is 5. The molecule has 0 amide bonds. The lowest BCUT2D eigenvalue weighted by atomic mass is 9.68. The molecule has 0 atom stereocenters. The van der Waals surface area contributed by atoms with Crippen molar-refractivity contribution in [3.63, 3.8) is 0 Å². The molecule has 0 heterocycles. The first-order valence-electron chi connectivity index (χ1n) is 12.9. The van der Waals surface area contributed by atoms with Crippen LogP contribution in [0.3, 0.4) is 0 Å². The molecular weight excluding hydrogens is 435 g/mol. The fourth-order valence-electron chi connectivity index (χ4n) is 5.92. The SMILES string of the molecule is CCCCCCC[C@H]1CC[C@H]([C@H]2CC[C@H](c3ccc(OC(F)(F)C(F)(F)F)cc3)CC2)CC1. The van der Waals surface area contributed by atoms with Crippen molar-refractivity contribution >= 4 is 0 Å². The van der Waals surface area contributed by atoms with Gasteiger partial charge in [0.15, 0.2) is 0 Å². The Hall–Kier alpha value is -1.33. The molecule has 0 bridgehead atoms. The van der Waals surface area contributed by atoms with Crippen LogP contribution in [0.2, 0.25) is 0 Å². The molecule has 0 saturated heterocycles. The van der Waals surface area contributed by atoms with Crippen LogP contribution in [-0.2, 0) is 0 Å². The van der Waals surface area contributed by atoms with Crippen molar-refractivity contribution in [2.24, 2.45) is 17.8 Å². The van der Waals surface area contributed by atoms with Gasteiger partial charge in [-0.2, -0.15) is 22.0 Å². The summed E-state index contributed by atoms with van der Waals surface area (Å²) in [6.45, 7) is 2.26. The molecule has 2 saturated carbocycles. The standard InChI is InChI=1S/C27H39F5O/c1-2-3-4-5-6-7-20-8-10-21(11-9-20)22-12-14-23(15-13-22)24-16-18-25(19-17-24)33-27(31,32)26(28,29)30/h16-23H,2-15H2,1H3/t20-,21-,22-,23-. The Morgan fingerprint density at radius 3 is 1.82 bits per heavy atom. The minimum absolute atomic E-state index is 0.345. The van der Waals surface area contributed by atoms with Crippen LogP contribution in [-0.4, -0.2) is 12.3 Å². The van der Waals surface area contributed by atoms with Crippen molar-refractivity contribution in [1.82, 2.24) is 0 Å². The number of hydrogen-bond donors (Lipinski definition) is 0. The molecule has 2 aliphatic carbocycles. The van der Waals surface area contributed by atoms with E-state index in [1.807, 2.05) is 0 Å². The minimum atomic E-state index is -5.72. The van der Waals surface area contributed by atoms with Crippen LogP contribution in [0.1, 0.15) is 108 Å². The summed E-state index contributed by atoms with van der Waals surface area (Å²) in [6.07, 6.45) is 7.25. The van der Waals surface area contributed by atoms with E-state index in [2.05, 4.69) is 11.7 Å². The van der Waals surface area contributed by atoms with Crippen molar-refractivity contribution in [2.45, 2.75) is 115 Å². The molecule has 188 valence electrons. The third kappa shape index (κ3) is 7.58. The van der Waals surface area contributed by atoms with Crippen LogP contribution in [0.15, 0.2) is 24.3 Å². The summed E-state index contributed by atoms with van der Waals surface area (Å²) in [5.74, 6) is 2.42. The van der Waals surface area contributed by atoms with E-state index in [0.29, 0.717) is 5.92 Å². The second kappa shape index (κ2) is 11.9. The first-order chi connectivity index (χ1) is 15.7. The van der Waals surface area contributed by atoms with Crippen LogP contribution in [0.5, 0.6) is 5.75 Å². The van der Waals surface area contributed by atoms with Crippen molar-refractivity contribution in [3.05, 3.63) is 29.8 Å². The Kier molecular flexibility index (Phi) is 9.46. The lowest BCUT2D eigenvalue weighted by Crippen LogP contribution is -2.41. The van der Waals surface area contributed by atoms with E-state index in [9.17, 15) is 22.0 Å². The third-order valence-corrected chi connectivity index (χ3v) is 7.97. The van der Waals surface area contributed by atoms with E-state index in [0.717, 1.165) is 36.2 Å². The minimum Gasteiger partial charge on any atom is -0.426 e. The lowest BCUT2D eigenvalue weighted by molar-refractivity contribution is -0.360. The maximum absolute atomic E-state index is 13.1. The number of ether oxygens (including phenoxy) is 1. The molecule has 1 aromatic rings. The largest absolute Gasteiger partial charge is 0.499 e. The fourth-order valence-corrected chi connectivity index (χ4v) is 5.92. The molecule has 0 radical (unpaired) electrons. The molecule has 1 aromatic carbocycles. The summed E-state index contributed by atoms with van der Waals surface area (Å²) in [5.41, 5.74) is 1.00. The van der Waals surface area contributed by atoms with Crippen molar-refractivity contribution in [3.8, 4) is 5.75 Å². The molecule has 2 aliphatic rings. The highest BCUT2D eigenvalue weighted by Gasteiger charge is 2.61. The molecule has 0 aliphatic heterocycles. The first kappa shape index (κ1) is 26.3. The fraction of sp³-hybridized carbons (Fsp3) is 0.778. The number of rotatable bonds is 10. The monoisotopic (exact) mass is 474 g/mol. The third-order valence-electron chi connectivity index (χ3n) is 7.97. The Balaban J connectivity index is 1.39. The number of unbranched alkanes of at least 4 members (excludes halogenated alkanes) is 4. The van der Waals surface area contributed by atoms with Gasteiger partial charge in [-0.1, -0.05) is 70.4 Å². The number of alkyl halides is 5. The molecule has 0 aromatic heterocycles. The normalized spacial score (nSPS) is 26.8. The molecule has 33 heavy (non-hydrogen) atoms. The summed E-state index contributed by atoms with van der Waals surface area (Å²) in [6, 6.07) is 5.73. The van der Waals surface area contributed by atoms with E-state index in [1.54, 1.807) is 12.1 Å². The molecule has 0 spiro atoms. The van der Waals surface area contributed by atoms with Crippen LogP contribution < -0.4 is 4.74 Å². The zero-order chi connectivity index (χ0) is 23.9. The van der Waals surface area contributed by atoms with Gasteiger partial charge in [-0.05, 0) is 79.9 Å². The van der Waals surface area contributed by atoms with Gasteiger partial charge in [0.1, 0.15) is 5.75 Å². The maximum atomic E-state index is 13.1. The molecule has 0 N–H and O–H groups in total. The highest BCUT2D eigenvalue weighted by molar-refractivity contribution is 5.30. The topological polar surface area (TPSA) is 9.23 Å². The Morgan fingerprint density at radius 1 is 0.727 bits per heavy atom. The predicted molar refractivity (Wildman–Crippen MR) is 122 cm³/mol. The van der Waals surface area contributed by atoms with Crippen LogP contribution in [0.25, 0.3) is 0 Å². The van der Waals surface area contributed by atoms with Gasteiger partial charge in [-0.15, -0.1) is 0 Å². The van der Waals surface area contributed by atoms with Crippen LogP contribution in [0, 0.1) is 17.8 Å². The average molecular weight is 475 g/mol. The van der Waals surface area contributed by atoms with E-state index in [-0.39, 0.29) is 0 Å². The van der Waals surface area contributed by atoms with Gasteiger partial charge in [0.05, 0.1) is 0 Å². The van der Waals surface area contributed by atoms with Gasteiger partial charge in [0.2, 0.25) is 0 Å². The Morgan fingerprint density at radius 2 is 1.27 bits per heavy atom. The Bertz CT molecular complexity index is 683. The summed E-state index contributed by atoms with van der Waals surface area (Å²) >= 11 is 0. The van der Waals surface area contributed by atoms with Gasteiger partial charge < -0.3 is 4.74 Å². The zero-order valence-electron chi connectivity index (χ0n) is 19.8. The molecule has 6 heteroatoms. The molecule has 1 nitrogen and oxygen atoms in total. The summed E-state index contributed by atoms with van der Waals surface area (Å²) in [5, 5.41) is 0.